The molecular weight excluding hydrogens is 266 g/mol. The van der Waals surface area contributed by atoms with E-state index in [4.69, 9.17) is 10.5 Å². The number of nitrogens with zero attached hydrogens (tertiary/aromatic N) is 4. The molecule has 0 atom stereocenters. The third-order valence-corrected chi connectivity index (χ3v) is 3.57. The van der Waals surface area contributed by atoms with Gasteiger partial charge in [-0.15, -0.1) is 0 Å². The van der Waals surface area contributed by atoms with Gasteiger partial charge in [0.2, 0.25) is 11.6 Å². The molecular formula is C15H15N5O. The van der Waals surface area contributed by atoms with E-state index < -0.39 is 5.41 Å². The van der Waals surface area contributed by atoms with Crippen molar-refractivity contribution in [3.8, 4) is 12.1 Å². The van der Waals surface area contributed by atoms with Crippen LogP contribution in [0.1, 0.15) is 26.3 Å². The van der Waals surface area contributed by atoms with Gasteiger partial charge in [0.25, 0.3) is 0 Å². The summed E-state index contributed by atoms with van der Waals surface area (Å²) < 4.78 is 0. The van der Waals surface area contributed by atoms with Crippen molar-refractivity contribution >= 4 is 23.0 Å². The Morgan fingerprint density at radius 3 is 2.62 bits per heavy atom. The van der Waals surface area contributed by atoms with E-state index in [2.05, 4.69) is 10.5 Å². The third-order valence-electron chi connectivity index (χ3n) is 3.57. The molecule has 0 saturated carbocycles. The molecule has 1 aliphatic rings. The second kappa shape index (κ2) is 5.26. The van der Waals surface area contributed by atoms with Crippen molar-refractivity contribution in [2.24, 2.45) is 5.10 Å². The van der Waals surface area contributed by atoms with Crippen LogP contribution in [0.25, 0.3) is 0 Å². The molecule has 0 bridgehead atoms. The molecule has 6 heteroatoms. The minimum Gasteiger partial charge on any atom is -0.312 e. The number of fused-ring (bicyclic) bond motifs is 1. The maximum Gasteiger partial charge on any atom is 0.237 e. The molecule has 6 nitrogen and oxygen atoms in total. The second-order valence-corrected chi connectivity index (χ2v) is 5.20. The summed E-state index contributed by atoms with van der Waals surface area (Å²) in [5.41, 5.74) is 4.26. The Morgan fingerprint density at radius 1 is 1.38 bits per heavy atom. The summed E-state index contributed by atoms with van der Waals surface area (Å²) in [5.74, 6) is 0.0652. The van der Waals surface area contributed by atoms with Crippen LogP contribution >= 0.6 is 0 Å². The lowest BCUT2D eigenvalue weighted by molar-refractivity contribution is -0.122. The number of carbonyl (C=O) groups is 1. The average molecular weight is 281 g/mol. The summed E-state index contributed by atoms with van der Waals surface area (Å²) in [6, 6.07) is 8.81. The Hall–Kier alpha value is -2.86. The standard InChI is InChI=1S/C15H15N5O/c1-4-20-13-6-5-10(18-19-11(8-16)9-17)7-12(13)15(2,3)14(20)21/h5-7,18H,4H2,1-3H3. The van der Waals surface area contributed by atoms with Gasteiger partial charge in [-0.05, 0) is 44.5 Å². The molecule has 0 unspecified atom stereocenters. The van der Waals surface area contributed by atoms with Crippen molar-refractivity contribution in [3.63, 3.8) is 0 Å². The van der Waals surface area contributed by atoms with E-state index in [-0.39, 0.29) is 11.6 Å². The largest absolute Gasteiger partial charge is 0.312 e. The van der Waals surface area contributed by atoms with Crippen LogP contribution in [0.2, 0.25) is 0 Å². The number of rotatable bonds is 3. The quantitative estimate of drug-likeness (QED) is 0.678. The van der Waals surface area contributed by atoms with Crippen molar-refractivity contribution in [1.29, 1.82) is 10.5 Å². The highest BCUT2D eigenvalue weighted by Gasteiger charge is 2.43. The van der Waals surface area contributed by atoms with E-state index in [9.17, 15) is 4.79 Å². The fourth-order valence-electron chi connectivity index (χ4n) is 2.41. The highest BCUT2D eigenvalue weighted by atomic mass is 16.2. The fourth-order valence-corrected chi connectivity index (χ4v) is 2.41. The number of hydrogen-bond donors (Lipinski definition) is 1. The van der Waals surface area contributed by atoms with Crippen LogP contribution in [0, 0.1) is 22.7 Å². The van der Waals surface area contributed by atoms with Crippen LogP contribution < -0.4 is 10.3 Å². The summed E-state index contributed by atoms with van der Waals surface area (Å²) in [6.07, 6.45) is 0. The lowest BCUT2D eigenvalue weighted by Crippen LogP contribution is -2.35. The maximum absolute atomic E-state index is 12.4. The molecule has 1 aromatic carbocycles. The summed E-state index contributed by atoms with van der Waals surface area (Å²) in [5, 5.41) is 21.0. The lowest BCUT2D eigenvalue weighted by atomic mass is 9.86. The van der Waals surface area contributed by atoms with Gasteiger partial charge in [-0.25, -0.2) is 0 Å². The molecule has 0 spiro atoms. The van der Waals surface area contributed by atoms with Gasteiger partial charge >= 0.3 is 0 Å². The molecule has 1 aliphatic heterocycles. The van der Waals surface area contributed by atoms with Gasteiger partial charge in [0, 0.05) is 12.2 Å². The number of hydrogen-bond acceptors (Lipinski definition) is 5. The molecule has 1 aromatic rings. The molecule has 0 aromatic heterocycles. The van der Waals surface area contributed by atoms with Crippen LogP contribution in [-0.4, -0.2) is 18.2 Å². The molecule has 0 radical (unpaired) electrons. The smallest absolute Gasteiger partial charge is 0.237 e. The van der Waals surface area contributed by atoms with Crippen molar-refractivity contribution < 1.29 is 4.79 Å². The molecule has 1 heterocycles. The Balaban J connectivity index is 2.40. The highest BCUT2D eigenvalue weighted by Crippen LogP contribution is 2.42. The van der Waals surface area contributed by atoms with Crippen LogP contribution in [0.4, 0.5) is 11.4 Å². The van der Waals surface area contributed by atoms with Crippen molar-refractivity contribution in [2.45, 2.75) is 26.2 Å². The minimum absolute atomic E-state index is 0.0652. The number of anilines is 2. The predicted molar refractivity (Wildman–Crippen MR) is 79.8 cm³/mol. The zero-order valence-electron chi connectivity index (χ0n) is 12.1. The van der Waals surface area contributed by atoms with E-state index in [0.29, 0.717) is 12.2 Å². The van der Waals surface area contributed by atoms with Gasteiger partial charge in [0.05, 0.1) is 11.1 Å². The molecule has 106 valence electrons. The fraction of sp³-hybridized carbons (Fsp3) is 0.333. The first-order chi connectivity index (χ1) is 9.95. The highest BCUT2D eigenvalue weighted by molar-refractivity contribution is 6.10. The topological polar surface area (TPSA) is 92.3 Å². The van der Waals surface area contributed by atoms with Crippen molar-refractivity contribution in [3.05, 3.63) is 23.8 Å². The molecule has 21 heavy (non-hydrogen) atoms. The summed E-state index contributed by atoms with van der Waals surface area (Å²) in [6.45, 7) is 6.32. The first kappa shape index (κ1) is 14.5. The Kier molecular flexibility index (Phi) is 3.64. The second-order valence-electron chi connectivity index (χ2n) is 5.20. The molecule has 2 rings (SSSR count). The van der Waals surface area contributed by atoms with Gasteiger partial charge in [-0.2, -0.15) is 15.6 Å². The summed E-state index contributed by atoms with van der Waals surface area (Å²) in [7, 11) is 0. The van der Waals surface area contributed by atoms with Crippen LogP contribution in [0.3, 0.4) is 0 Å². The van der Waals surface area contributed by atoms with Crippen LogP contribution in [0.15, 0.2) is 23.3 Å². The zero-order valence-corrected chi connectivity index (χ0v) is 12.1. The number of nitrogens with one attached hydrogen (secondary N) is 1. The number of likely N-dealkylation sites (N-methyl/N-ethyl adjacent to an activating group) is 1. The van der Waals surface area contributed by atoms with Crippen LogP contribution in [-0.2, 0) is 10.2 Å². The maximum atomic E-state index is 12.4. The molecule has 0 fully saturated rings. The summed E-state index contributed by atoms with van der Waals surface area (Å²) >= 11 is 0. The Labute approximate surface area is 123 Å². The third kappa shape index (κ3) is 2.32. The van der Waals surface area contributed by atoms with Gasteiger partial charge < -0.3 is 4.90 Å². The lowest BCUT2D eigenvalue weighted by Gasteiger charge is -2.18. The number of benzene rings is 1. The Morgan fingerprint density at radius 2 is 2.05 bits per heavy atom. The normalized spacial score (nSPS) is 14.9. The van der Waals surface area contributed by atoms with Gasteiger partial charge in [-0.3, -0.25) is 10.2 Å². The van der Waals surface area contributed by atoms with Gasteiger partial charge in [0.15, 0.2) is 0 Å². The van der Waals surface area contributed by atoms with Crippen LogP contribution in [0.5, 0.6) is 0 Å². The van der Waals surface area contributed by atoms with E-state index in [0.717, 1.165) is 11.3 Å². The number of nitriles is 2. The predicted octanol–water partition coefficient (Wildman–Crippen LogP) is 2.15. The Bertz CT molecular complexity index is 690. The zero-order chi connectivity index (χ0) is 15.6. The number of hydrazone groups is 1. The minimum atomic E-state index is -0.597. The van der Waals surface area contributed by atoms with E-state index in [1.54, 1.807) is 23.1 Å². The summed E-state index contributed by atoms with van der Waals surface area (Å²) in [4.78, 5) is 14.1. The molecule has 1 N–H and O–H groups in total. The monoisotopic (exact) mass is 281 g/mol. The van der Waals surface area contributed by atoms with E-state index in [1.165, 1.54) is 0 Å². The van der Waals surface area contributed by atoms with Crippen molar-refractivity contribution in [1.82, 2.24) is 0 Å². The first-order valence-corrected chi connectivity index (χ1v) is 6.56. The van der Waals surface area contributed by atoms with Gasteiger partial charge in [-0.1, -0.05) is 0 Å². The van der Waals surface area contributed by atoms with E-state index in [1.807, 2.05) is 32.9 Å². The van der Waals surface area contributed by atoms with E-state index >= 15 is 0 Å². The SMILES string of the molecule is CCN1C(=O)C(C)(C)c2cc(NN=C(C#N)C#N)ccc21. The average Bonchev–Trinajstić information content (AvgIpc) is 2.67. The van der Waals surface area contributed by atoms with Gasteiger partial charge in [0.1, 0.15) is 12.1 Å². The number of amides is 1. The van der Waals surface area contributed by atoms with Crippen molar-refractivity contribution in [2.75, 3.05) is 16.9 Å². The molecule has 0 aliphatic carbocycles. The molecule has 1 amide bonds. The number of carbonyl (C=O) groups excluding carboxylic acids is 1. The first-order valence-electron chi connectivity index (χ1n) is 6.56. The molecule has 0 saturated heterocycles.